The molecule has 0 fully saturated rings. The molecule has 1 aromatic heterocycles. The number of hydrogen-bond acceptors (Lipinski definition) is 5. The fourth-order valence-electron chi connectivity index (χ4n) is 2.50. The van der Waals surface area contributed by atoms with Crippen molar-refractivity contribution in [1.82, 2.24) is 4.98 Å². The molecule has 1 atom stereocenters. The minimum absolute atomic E-state index is 0.159. The highest BCUT2D eigenvalue weighted by molar-refractivity contribution is 7.13. The molecule has 0 spiro atoms. The van der Waals surface area contributed by atoms with Crippen molar-refractivity contribution in [3.05, 3.63) is 69.7 Å². The summed E-state index contributed by atoms with van der Waals surface area (Å²) in [7, 11) is 0. The fraction of sp³-hybridized carbons (Fsp3) is 0.190. The van der Waals surface area contributed by atoms with Crippen LogP contribution in [0.15, 0.2) is 47.8 Å². The van der Waals surface area contributed by atoms with E-state index < -0.39 is 18.0 Å². The maximum atomic E-state index is 12.4. The van der Waals surface area contributed by atoms with Crippen LogP contribution in [-0.2, 0) is 9.53 Å². The fourth-order valence-corrected chi connectivity index (χ4v) is 3.48. The summed E-state index contributed by atoms with van der Waals surface area (Å²) in [5, 5.41) is 5.65. The van der Waals surface area contributed by atoms with E-state index in [1.54, 1.807) is 17.5 Å². The molecular weight excluding hydrogens is 396 g/mol. The Labute approximate surface area is 172 Å². The molecule has 7 heteroatoms. The van der Waals surface area contributed by atoms with Gasteiger partial charge in [-0.25, -0.2) is 9.78 Å². The molecule has 0 bridgehead atoms. The van der Waals surface area contributed by atoms with E-state index in [-0.39, 0.29) is 5.69 Å². The van der Waals surface area contributed by atoms with E-state index in [2.05, 4.69) is 10.3 Å². The highest BCUT2D eigenvalue weighted by atomic mass is 35.5. The SMILES string of the molecule is Cc1ccc(C)c(NC(=O)[C@@H](C)OC(=O)c2csc(-c3cccc(Cl)c3)n2)c1. The Bertz CT molecular complexity index is 1030. The predicted molar refractivity (Wildman–Crippen MR) is 112 cm³/mol. The van der Waals surface area contributed by atoms with Crippen LogP contribution in [0.3, 0.4) is 0 Å². The van der Waals surface area contributed by atoms with E-state index >= 15 is 0 Å². The lowest BCUT2D eigenvalue weighted by Crippen LogP contribution is -2.30. The molecule has 0 unspecified atom stereocenters. The molecule has 1 heterocycles. The third kappa shape index (κ3) is 4.77. The number of rotatable bonds is 5. The van der Waals surface area contributed by atoms with E-state index in [9.17, 15) is 9.59 Å². The summed E-state index contributed by atoms with van der Waals surface area (Å²) in [5.74, 6) is -1.04. The Kier molecular flexibility index (Phi) is 6.11. The zero-order chi connectivity index (χ0) is 20.3. The number of thiazole rings is 1. The molecule has 3 aromatic rings. The maximum Gasteiger partial charge on any atom is 0.358 e. The van der Waals surface area contributed by atoms with Gasteiger partial charge in [0.15, 0.2) is 11.8 Å². The Balaban J connectivity index is 1.65. The van der Waals surface area contributed by atoms with Gasteiger partial charge < -0.3 is 10.1 Å². The van der Waals surface area contributed by atoms with Crippen molar-refractivity contribution in [2.45, 2.75) is 26.9 Å². The molecule has 1 N–H and O–H groups in total. The number of esters is 1. The zero-order valence-electron chi connectivity index (χ0n) is 15.7. The maximum absolute atomic E-state index is 12.4. The average molecular weight is 415 g/mol. The van der Waals surface area contributed by atoms with Crippen molar-refractivity contribution in [2.75, 3.05) is 5.32 Å². The molecule has 5 nitrogen and oxygen atoms in total. The van der Waals surface area contributed by atoms with Gasteiger partial charge in [0.05, 0.1) is 0 Å². The second-order valence-electron chi connectivity index (χ2n) is 6.40. The highest BCUT2D eigenvalue weighted by Gasteiger charge is 2.21. The van der Waals surface area contributed by atoms with E-state index in [0.717, 1.165) is 16.7 Å². The zero-order valence-corrected chi connectivity index (χ0v) is 17.2. The van der Waals surface area contributed by atoms with E-state index in [1.807, 2.05) is 44.2 Å². The second-order valence-corrected chi connectivity index (χ2v) is 7.70. The van der Waals surface area contributed by atoms with Crippen molar-refractivity contribution in [3.8, 4) is 10.6 Å². The minimum Gasteiger partial charge on any atom is -0.448 e. The van der Waals surface area contributed by atoms with Crippen LogP contribution in [0, 0.1) is 13.8 Å². The van der Waals surface area contributed by atoms with Crippen molar-refractivity contribution in [1.29, 1.82) is 0 Å². The van der Waals surface area contributed by atoms with Crippen LogP contribution in [0.4, 0.5) is 5.69 Å². The number of nitrogens with one attached hydrogen (secondary N) is 1. The Morgan fingerprint density at radius 2 is 1.96 bits per heavy atom. The lowest BCUT2D eigenvalue weighted by molar-refractivity contribution is -0.123. The molecule has 3 rings (SSSR count). The molecule has 0 saturated heterocycles. The van der Waals surface area contributed by atoms with Crippen LogP contribution >= 0.6 is 22.9 Å². The van der Waals surface area contributed by atoms with Gasteiger partial charge in [0.1, 0.15) is 5.01 Å². The monoisotopic (exact) mass is 414 g/mol. The van der Waals surface area contributed by atoms with Gasteiger partial charge in [-0.15, -0.1) is 11.3 Å². The smallest absolute Gasteiger partial charge is 0.358 e. The molecule has 0 aliphatic carbocycles. The van der Waals surface area contributed by atoms with Crippen LogP contribution in [0.2, 0.25) is 5.02 Å². The number of benzene rings is 2. The van der Waals surface area contributed by atoms with E-state index in [1.165, 1.54) is 18.3 Å². The molecule has 28 heavy (non-hydrogen) atoms. The van der Waals surface area contributed by atoms with Crippen LogP contribution < -0.4 is 5.32 Å². The van der Waals surface area contributed by atoms with Gasteiger partial charge in [0, 0.05) is 21.7 Å². The molecule has 144 valence electrons. The van der Waals surface area contributed by atoms with Gasteiger partial charge in [0.2, 0.25) is 0 Å². The van der Waals surface area contributed by atoms with Gasteiger partial charge in [-0.1, -0.05) is 35.9 Å². The first-order chi connectivity index (χ1) is 13.3. The molecule has 0 saturated carbocycles. The lowest BCUT2D eigenvalue weighted by atomic mass is 10.1. The second kappa shape index (κ2) is 8.54. The summed E-state index contributed by atoms with van der Waals surface area (Å²) in [6.45, 7) is 5.37. The third-order valence-electron chi connectivity index (χ3n) is 4.09. The van der Waals surface area contributed by atoms with Gasteiger partial charge in [-0.3, -0.25) is 4.79 Å². The van der Waals surface area contributed by atoms with E-state index in [0.29, 0.717) is 15.7 Å². The van der Waals surface area contributed by atoms with Crippen LogP contribution in [0.5, 0.6) is 0 Å². The predicted octanol–water partition coefficient (Wildman–Crippen LogP) is 5.26. The number of ether oxygens (including phenoxy) is 1. The summed E-state index contributed by atoms with van der Waals surface area (Å²) in [5.41, 5.74) is 3.64. The normalized spacial score (nSPS) is 11.7. The summed E-state index contributed by atoms with van der Waals surface area (Å²) < 4.78 is 5.28. The summed E-state index contributed by atoms with van der Waals surface area (Å²) in [4.78, 5) is 29.0. The van der Waals surface area contributed by atoms with Gasteiger partial charge in [-0.2, -0.15) is 0 Å². The first-order valence-corrected chi connectivity index (χ1v) is 9.90. The molecule has 1 amide bonds. The number of carbonyl (C=O) groups excluding carboxylic acids is 2. The molecule has 0 aliphatic rings. The van der Waals surface area contributed by atoms with Gasteiger partial charge in [0.25, 0.3) is 5.91 Å². The number of aromatic nitrogens is 1. The first-order valence-electron chi connectivity index (χ1n) is 8.64. The first kappa shape index (κ1) is 20.0. The molecule has 2 aromatic carbocycles. The highest BCUT2D eigenvalue weighted by Crippen LogP contribution is 2.26. The number of nitrogens with zero attached hydrogens (tertiary/aromatic N) is 1. The van der Waals surface area contributed by atoms with Crippen LogP contribution in [0.1, 0.15) is 28.5 Å². The van der Waals surface area contributed by atoms with Crippen molar-refractivity contribution in [2.24, 2.45) is 0 Å². The number of hydrogen-bond donors (Lipinski definition) is 1. The largest absolute Gasteiger partial charge is 0.448 e. The number of anilines is 1. The van der Waals surface area contributed by atoms with Crippen molar-refractivity contribution < 1.29 is 14.3 Å². The minimum atomic E-state index is -0.955. The lowest BCUT2D eigenvalue weighted by Gasteiger charge is -2.14. The number of amides is 1. The van der Waals surface area contributed by atoms with Gasteiger partial charge >= 0.3 is 5.97 Å². The Morgan fingerprint density at radius 3 is 2.71 bits per heavy atom. The summed E-state index contributed by atoms with van der Waals surface area (Å²) in [6, 6.07) is 13.0. The van der Waals surface area contributed by atoms with Crippen molar-refractivity contribution >= 4 is 40.5 Å². The standard InChI is InChI=1S/C21H19ClN2O3S/c1-12-7-8-13(2)17(9-12)23-19(25)14(3)27-21(26)18-11-28-20(24-18)15-5-4-6-16(22)10-15/h4-11,14H,1-3H3,(H,23,25)/t14-/m1/s1. The quantitative estimate of drug-likeness (QED) is 0.578. The van der Waals surface area contributed by atoms with E-state index in [4.69, 9.17) is 16.3 Å². The molecule has 0 aliphatic heterocycles. The number of aryl methyl sites for hydroxylation is 2. The third-order valence-corrected chi connectivity index (χ3v) is 5.22. The van der Waals surface area contributed by atoms with Crippen LogP contribution in [0.25, 0.3) is 10.6 Å². The topological polar surface area (TPSA) is 68.3 Å². The summed E-state index contributed by atoms with van der Waals surface area (Å²) >= 11 is 7.31. The van der Waals surface area contributed by atoms with Crippen molar-refractivity contribution in [3.63, 3.8) is 0 Å². The number of carbonyl (C=O) groups is 2. The Morgan fingerprint density at radius 1 is 1.18 bits per heavy atom. The van der Waals surface area contributed by atoms with Gasteiger partial charge in [-0.05, 0) is 50.1 Å². The molecule has 0 radical (unpaired) electrons. The van der Waals surface area contributed by atoms with Crippen LogP contribution in [-0.4, -0.2) is 23.0 Å². The number of halogens is 1. The Hall–Kier alpha value is -2.70. The average Bonchev–Trinajstić information content (AvgIpc) is 3.15. The summed E-state index contributed by atoms with van der Waals surface area (Å²) in [6.07, 6.45) is -0.955. The molecular formula is C21H19ClN2O3S.